The van der Waals surface area contributed by atoms with Crippen LogP contribution in [0.5, 0.6) is 0 Å². The summed E-state index contributed by atoms with van der Waals surface area (Å²) < 4.78 is 0. The van der Waals surface area contributed by atoms with Gasteiger partial charge in [-0.15, -0.1) is 0 Å². The molecule has 4 rings (SSSR count). The van der Waals surface area contributed by atoms with E-state index in [1.807, 2.05) is 97.1 Å². The fourth-order valence-corrected chi connectivity index (χ4v) is 3.98. The fourth-order valence-electron chi connectivity index (χ4n) is 3.77. The molecule has 4 aromatic carbocycles. The number of hydrogen-bond donors (Lipinski definition) is 1. The number of nitrogens with one attached hydrogen (secondary N) is 1. The Bertz CT molecular complexity index is 1320. The van der Waals surface area contributed by atoms with E-state index in [-0.39, 0.29) is 11.8 Å². The van der Waals surface area contributed by atoms with Crippen molar-refractivity contribution >= 4 is 29.5 Å². The predicted octanol–water partition coefficient (Wildman–Crippen LogP) is 6.51. The number of amides is 2. The molecule has 36 heavy (non-hydrogen) atoms. The summed E-state index contributed by atoms with van der Waals surface area (Å²) in [5.41, 5.74) is 4.46. The fraction of sp³-hybridized carbons (Fsp3) is 0.0968. The van der Waals surface area contributed by atoms with Gasteiger partial charge in [-0.2, -0.15) is 0 Å². The molecule has 0 atom stereocenters. The van der Waals surface area contributed by atoms with E-state index in [2.05, 4.69) is 5.32 Å². The smallest absolute Gasteiger partial charge is 0.251 e. The monoisotopic (exact) mass is 494 g/mol. The van der Waals surface area contributed by atoms with Crippen molar-refractivity contribution in [1.29, 1.82) is 0 Å². The molecule has 5 heteroatoms. The van der Waals surface area contributed by atoms with Gasteiger partial charge in [0.15, 0.2) is 0 Å². The Hall–Kier alpha value is -4.15. The van der Waals surface area contributed by atoms with Crippen LogP contribution in [0, 0.1) is 0 Å². The van der Waals surface area contributed by atoms with Gasteiger partial charge in [0, 0.05) is 36.3 Å². The van der Waals surface area contributed by atoms with E-state index in [1.54, 1.807) is 29.2 Å². The Morgan fingerprint density at radius 1 is 0.722 bits per heavy atom. The molecule has 0 saturated heterocycles. The Kier molecular flexibility index (Phi) is 8.68. The SMILES string of the molecule is O=C(NCc1ccccc1)c1ccc(/C=C/C(=O)N(Cc2ccccc2)Cc2cccc(Cl)c2)cc1. The van der Waals surface area contributed by atoms with Crippen LogP contribution in [-0.2, 0) is 24.4 Å². The number of nitrogens with zero attached hydrogens (tertiary/aromatic N) is 1. The van der Waals surface area contributed by atoms with Crippen molar-refractivity contribution in [3.63, 3.8) is 0 Å². The molecule has 180 valence electrons. The third-order valence-electron chi connectivity index (χ3n) is 5.68. The van der Waals surface area contributed by atoms with Crippen LogP contribution in [0.1, 0.15) is 32.6 Å². The van der Waals surface area contributed by atoms with Gasteiger partial charge in [0.25, 0.3) is 5.91 Å². The van der Waals surface area contributed by atoms with Crippen LogP contribution < -0.4 is 5.32 Å². The topological polar surface area (TPSA) is 49.4 Å². The maximum atomic E-state index is 13.1. The van der Waals surface area contributed by atoms with Crippen molar-refractivity contribution in [2.24, 2.45) is 0 Å². The van der Waals surface area contributed by atoms with Gasteiger partial charge in [-0.25, -0.2) is 0 Å². The second kappa shape index (κ2) is 12.5. The first-order chi connectivity index (χ1) is 17.6. The molecule has 4 nitrogen and oxygen atoms in total. The minimum atomic E-state index is -0.138. The van der Waals surface area contributed by atoms with Gasteiger partial charge in [0.2, 0.25) is 5.91 Å². The first kappa shape index (κ1) is 25.0. The van der Waals surface area contributed by atoms with Crippen molar-refractivity contribution in [1.82, 2.24) is 10.2 Å². The van der Waals surface area contributed by atoms with Crippen molar-refractivity contribution < 1.29 is 9.59 Å². The van der Waals surface area contributed by atoms with Crippen LogP contribution in [0.25, 0.3) is 6.08 Å². The van der Waals surface area contributed by atoms with Gasteiger partial charge in [-0.05, 0) is 52.6 Å². The van der Waals surface area contributed by atoms with Gasteiger partial charge in [-0.1, -0.05) is 96.5 Å². The van der Waals surface area contributed by atoms with Crippen LogP contribution in [0.4, 0.5) is 0 Å². The van der Waals surface area contributed by atoms with Crippen LogP contribution >= 0.6 is 11.6 Å². The summed E-state index contributed by atoms with van der Waals surface area (Å²) in [6, 6.07) is 34.4. The number of carbonyl (C=O) groups excluding carboxylic acids is 2. The Balaban J connectivity index is 1.41. The molecular weight excluding hydrogens is 468 g/mol. The molecule has 0 heterocycles. The van der Waals surface area contributed by atoms with E-state index in [9.17, 15) is 9.59 Å². The largest absolute Gasteiger partial charge is 0.348 e. The van der Waals surface area contributed by atoms with Crippen molar-refractivity contribution in [2.75, 3.05) is 0 Å². The summed E-state index contributed by atoms with van der Waals surface area (Å²) in [7, 11) is 0. The van der Waals surface area contributed by atoms with Crippen LogP contribution in [0.3, 0.4) is 0 Å². The normalized spacial score (nSPS) is 10.8. The number of halogens is 1. The third kappa shape index (κ3) is 7.42. The standard InChI is InChI=1S/C31H27ClN2O2/c32-29-13-7-12-27(20-29)23-34(22-26-10-5-2-6-11-26)30(35)19-16-24-14-17-28(18-15-24)31(36)33-21-25-8-3-1-4-9-25/h1-20H,21-23H2,(H,33,36)/b19-16+. The molecule has 1 N–H and O–H groups in total. The first-order valence-electron chi connectivity index (χ1n) is 11.7. The second-order valence-electron chi connectivity index (χ2n) is 8.43. The highest BCUT2D eigenvalue weighted by Gasteiger charge is 2.13. The van der Waals surface area contributed by atoms with Crippen molar-refractivity contribution in [2.45, 2.75) is 19.6 Å². The quantitative estimate of drug-likeness (QED) is 0.269. The minimum absolute atomic E-state index is 0.108. The Morgan fingerprint density at radius 3 is 2.00 bits per heavy atom. The van der Waals surface area contributed by atoms with Crippen LogP contribution in [0.2, 0.25) is 5.02 Å². The average Bonchev–Trinajstić information content (AvgIpc) is 2.91. The summed E-state index contributed by atoms with van der Waals surface area (Å²) in [5.74, 6) is -0.246. The van der Waals surface area contributed by atoms with E-state index < -0.39 is 0 Å². The predicted molar refractivity (Wildman–Crippen MR) is 145 cm³/mol. The Morgan fingerprint density at radius 2 is 1.33 bits per heavy atom. The summed E-state index contributed by atoms with van der Waals surface area (Å²) in [4.78, 5) is 27.4. The highest BCUT2D eigenvalue weighted by Crippen LogP contribution is 2.16. The molecule has 0 aliphatic rings. The molecule has 0 radical (unpaired) electrons. The number of carbonyl (C=O) groups is 2. The summed E-state index contributed by atoms with van der Waals surface area (Å²) >= 11 is 6.15. The molecule has 4 aromatic rings. The lowest BCUT2D eigenvalue weighted by molar-refractivity contribution is -0.127. The van der Waals surface area contributed by atoms with Gasteiger partial charge < -0.3 is 10.2 Å². The van der Waals surface area contributed by atoms with E-state index in [0.29, 0.717) is 30.2 Å². The van der Waals surface area contributed by atoms with Gasteiger partial charge >= 0.3 is 0 Å². The Labute approximate surface area is 216 Å². The lowest BCUT2D eigenvalue weighted by atomic mass is 10.1. The number of rotatable bonds is 9. The minimum Gasteiger partial charge on any atom is -0.348 e. The highest BCUT2D eigenvalue weighted by atomic mass is 35.5. The lowest BCUT2D eigenvalue weighted by Crippen LogP contribution is -2.28. The van der Waals surface area contributed by atoms with E-state index in [4.69, 9.17) is 11.6 Å². The van der Waals surface area contributed by atoms with E-state index in [0.717, 1.165) is 22.3 Å². The molecule has 0 fully saturated rings. The van der Waals surface area contributed by atoms with E-state index >= 15 is 0 Å². The van der Waals surface area contributed by atoms with Crippen LogP contribution in [-0.4, -0.2) is 16.7 Å². The van der Waals surface area contributed by atoms with Gasteiger partial charge in [0.05, 0.1) is 0 Å². The zero-order valence-electron chi connectivity index (χ0n) is 19.8. The van der Waals surface area contributed by atoms with Gasteiger partial charge in [-0.3, -0.25) is 9.59 Å². The molecule has 0 bridgehead atoms. The van der Waals surface area contributed by atoms with E-state index in [1.165, 1.54) is 0 Å². The van der Waals surface area contributed by atoms with Crippen molar-refractivity contribution in [3.05, 3.63) is 148 Å². The lowest BCUT2D eigenvalue weighted by Gasteiger charge is -2.22. The zero-order chi connectivity index (χ0) is 25.2. The van der Waals surface area contributed by atoms with Crippen LogP contribution in [0.15, 0.2) is 115 Å². The zero-order valence-corrected chi connectivity index (χ0v) is 20.6. The molecular formula is C31H27ClN2O2. The molecule has 0 spiro atoms. The maximum Gasteiger partial charge on any atom is 0.251 e. The summed E-state index contributed by atoms with van der Waals surface area (Å²) in [6.07, 6.45) is 3.34. The summed E-state index contributed by atoms with van der Waals surface area (Å²) in [5, 5.41) is 3.56. The maximum absolute atomic E-state index is 13.1. The molecule has 2 amide bonds. The molecule has 0 aliphatic heterocycles. The average molecular weight is 495 g/mol. The second-order valence-corrected chi connectivity index (χ2v) is 8.87. The first-order valence-corrected chi connectivity index (χ1v) is 12.1. The molecule has 0 saturated carbocycles. The highest BCUT2D eigenvalue weighted by molar-refractivity contribution is 6.30. The number of hydrogen-bond acceptors (Lipinski definition) is 2. The summed E-state index contributed by atoms with van der Waals surface area (Å²) in [6.45, 7) is 1.40. The molecule has 0 unspecified atom stereocenters. The molecule has 0 aromatic heterocycles. The number of benzene rings is 4. The third-order valence-corrected chi connectivity index (χ3v) is 5.91. The van der Waals surface area contributed by atoms with Gasteiger partial charge in [0.1, 0.15) is 0 Å². The van der Waals surface area contributed by atoms with Crippen molar-refractivity contribution in [3.8, 4) is 0 Å². The molecule has 0 aliphatic carbocycles.